The van der Waals surface area contributed by atoms with E-state index in [0.717, 1.165) is 24.5 Å². The highest BCUT2D eigenvalue weighted by atomic mass is 16.3. The zero-order valence-electron chi connectivity index (χ0n) is 7.99. The molecule has 13 heavy (non-hydrogen) atoms. The van der Waals surface area contributed by atoms with Crippen molar-refractivity contribution in [2.45, 2.75) is 0 Å². The molecule has 0 saturated heterocycles. The molecule has 0 bridgehead atoms. The van der Waals surface area contributed by atoms with Crippen LogP contribution in [0, 0.1) is 0 Å². The average Bonchev–Trinajstić information content (AvgIpc) is 2.12. The van der Waals surface area contributed by atoms with E-state index in [1.165, 1.54) is 0 Å². The van der Waals surface area contributed by atoms with Crippen molar-refractivity contribution in [2.75, 3.05) is 37.0 Å². The van der Waals surface area contributed by atoms with E-state index in [9.17, 15) is 5.11 Å². The predicted molar refractivity (Wildman–Crippen MR) is 54.6 cm³/mol. The van der Waals surface area contributed by atoms with Gasteiger partial charge in [0.15, 0.2) is 0 Å². The van der Waals surface area contributed by atoms with Crippen molar-refractivity contribution in [3.63, 3.8) is 0 Å². The molecule has 0 atom stereocenters. The minimum absolute atomic E-state index is 0.367. The van der Waals surface area contributed by atoms with Gasteiger partial charge in [-0.05, 0) is 12.1 Å². The molecule has 0 fully saturated rings. The van der Waals surface area contributed by atoms with Gasteiger partial charge in [-0.15, -0.1) is 0 Å². The average molecular weight is 178 g/mol. The first kappa shape index (κ1) is 8.23. The fraction of sp³-hybridized carbons (Fsp3) is 0.400. The Morgan fingerprint density at radius 1 is 1.15 bits per heavy atom. The van der Waals surface area contributed by atoms with Crippen molar-refractivity contribution in [1.29, 1.82) is 0 Å². The molecule has 0 saturated carbocycles. The van der Waals surface area contributed by atoms with Crippen LogP contribution < -0.4 is 9.80 Å². The van der Waals surface area contributed by atoms with Crippen LogP contribution in [0.5, 0.6) is 5.75 Å². The number of anilines is 2. The number of likely N-dealkylation sites (N-methyl/N-ethyl adjacent to an activating group) is 2. The van der Waals surface area contributed by atoms with E-state index in [1.807, 2.05) is 26.2 Å². The first-order chi connectivity index (χ1) is 6.20. The minimum atomic E-state index is 0.367. The highest BCUT2D eigenvalue weighted by Gasteiger charge is 2.19. The molecule has 0 aromatic heterocycles. The Morgan fingerprint density at radius 2 is 1.85 bits per heavy atom. The first-order valence-corrected chi connectivity index (χ1v) is 4.44. The Kier molecular flexibility index (Phi) is 1.79. The molecule has 3 heteroatoms. The molecule has 0 unspecified atom stereocenters. The highest BCUT2D eigenvalue weighted by Crippen LogP contribution is 2.38. The quantitative estimate of drug-likeness (QED) is 0.648. The molecule has 70 valence electrons. The summed E-state index contributed by atoms with van der Waals surface area (Å²) in [5, 5.41) is 9.68. The topological polar surface area (TPSA) is 26.7 Å². The maximum atomic E-state index is 9.68. The summed E-state index contributed by atoms with van der Waals surface area (Å²) in [6.45, 7) is 1.97. The van der Waals surface area contributed by atoms with Gasteiger partial charge in [-0.3, -0.25) is 0 Å². The smallest absolute Gasteiger partial charge is 0.141 e. The third kappa shape index (κ3) is 1.20. The van der Waals surface area contributed by atoms with Crippen molar-refractivity contribution in [1.82, 2.24) is 0 Å². The number of rotatable bonds is 0. The number of phenols is 1. The van der Waals surface area contributed by atoms with Gasteiger partial charge in [-0.1, -0.05) is 6.07 Å². The van der Waals surface area contributed by atoms with Crippen LogP contribution in [0.3, 0.4) is 0 Å². The highest BCUT2D eigenvalue weighted by molar-refractivity contribution is 5.78. The largest absolute Gasteiger partial charge is 0.506 e. The fourth-order valence-corrected chi connectivity index (χ4v) is 1.75. The van der Waals surface area contributed by atoms with Crippen LogP contribution in [0.2, 0.25) is 0 Å². The number of fused-ring (bicyclic) bond motifs is 1. The number of hydrogen-bond donors (Lipinski definition) is 1. The summed E-state index contributed by atoms with van der Waals surface area (Å²) < 4.78 is 0. The molecule has 0 spiro atoms. The van der Waals surface area contributed by atoms with Crippen LogP contribution in [0.1, 0.15) is 0 Å². The predicted octanol–water partition coefficient (Wildman–Crippen LogP) is 1.28. The maximum absolute atomic E-state index is 9.68. The second-order valence-electron chi connectivity index (χ2n) is 3.49. The Bertz CT molecular complexity index is 325. The van der Waals surface area contributed by atoms with Crippen molar-refractivity contribution in [3.05, 3.63) is 18.2 Å². The van der Waals surface area contributed by atoms with Crippen molar-refractivity contribution in [3.8, 4) is 5.75 Å². The monoisotopic (exact) mass is 178 g/mol. The molecule has 0 amide bonds. The number of para-hydroxylation sites is 1. The Morgan fingerprint density at radius 3 is 2.54 bits per heavy atom. The number of phenolic OH excluding ortho intramolecular Hbond substituents is 1. The second kappa shape index (κ2) is 2.83. The molecule has 1 aromatic carbocycles. The lowest BCUT2D eigenvalue weighted by Crippen LogP contribution is -2.36. The number of benzene rings is 1. The van der Waals surface area contributed by atoms with Crippen LogP contribution in [-0.4, -0.2) is 32.3 Å². The van der Waals surface area contributed by atoms with Gasteiger partial charge in [-0.25, -0.2) is 0 Å². The summed E-state index contributed by atoms with van der Waals surface area (Å²) in [6, 6.07) is 5.64. The normalized spacial score (nSPS) is 15.8. The van der Waals surface area contributed by atoms with E-state index in [1.54, 1.807) is 6.07 Å². The summed E-state index contributed by atoms with van der Waals surface area (Å²) in [4.78, 5) is 4.25. The molecule has 0 aliphatic carbocycles. The minimum Gasteiger partial charge on any atom is -0.506 e. The Hall–Kier alpha value is -1.38. The molecule has 0 radical (unpaired) electrons. The molecule has 1 aromatic rings. The Balaban J connectivity index is 2.56. The molecule has 2 rings (SSSR count). The third-order valence-corrected chi connectivity index (χ3v) is 2.56. The summed E-state index contributed by atoms with van der Waals surface area (Å²) in [6.07, 6.45) is 0. The van der Waals surface area contributed by atoms with Gasteiger partial charge < -0.3 is 14.9 Å². The lowest BCUT2D eigenvalue weighted by atomic mass is 10.1. The summed E-state index contributed by atoms with van der Waals surface area (Å²) in [5.41, 5.74) is 2.05. The second-order valence-corrected chi connectivity index (χ2v) is 3.49. The molecular weight excluding hydrogens is 164 g/mol. The molecule has 1 N–H and O–H groups in total. The van der Waals surface area contributed by atoms with Gasteiger partial charge in [0.1, 0.15) is 11.4 Å². The van der Waals surface area contributed by atoms with Crippen molar-refractivity contribution >= 4 is 11.4 Å². The zero-order chi connectivity index (χ0) is 9.42. The van der Waals surface area contributed by atoms with Crippen LogP contribution in [0.4, 0.5) is 11.4 Å². The van der Waals surface area contributed by atoms with Gasteiger partial charge >= 0.3 is 0 Å². The van der Waals surface area contributed by atoms with Gasteiger partial charge in [0, 0.05) is 27.2 Å². The van der Waals surface area contributed by atoms with Crippen LogP contribution in [0.25, 0.3) is 0 Å². The SMILES string of the molecule is CN1CCN(C)c2c(O)cccc21. The lowest BCUT2D eigenvalue weighted by molar-refractivity contribution is 0.474. The first-order valence-electron chi connectivity index (χ1n) is 4.44. The maximum Gasteiger partial charge on any atom is 0.141 e. The summed E-state index contributed by atoms with van der Waals surface area (Å²) >= 11 is 0. The molecule has 1 heterocycles. The molecule has 3 nitrogen and oxygen atoms in total. The molecule has 1 aliphatic heterocycles. The van der Waals surface area contributed by atoms with Crippen LogP contribution in [-0.2, 0) is 0 Å². The van der Waals surface area contributed by atoms with E-state index >= 15 is 0 Å². The number of hydrogen-bond acceptors (Lipinski definition) is 3. The van der Waals surface area contributed by atoms with E-state index in [0.29, 0.717) is 5.75 Å². The zero-order valence-corrected chi connectivity index (χ0v) is 7.99. The Labute approximate surface area is 78.2 Å². The van der Waals surface area contributed by atoms with Crippen LogP contribution >= 0.6 is 0 Å². The molecular formula is C10H14N2O. The van der Waals surface area contributed by atoms with E-state index in [2.05, 4.69) is 9.80 Å². The van der Waals surface area contributed by atoms with E-state index < -0.39 is 0 Å². The summed E-state index contributed by atoms with van der Waals surface area (Å²) in [5.74, 6) is 0.367. The van der Waals surface area contributed by atoms with E-state index in [-0.39, 0.29) is 0 Å². The lowest BCUT2D eigenvalue weighted by Gasteiger charge is -2.34. The van der Waals surface area contributed by atoms with Crippen molar-refractivity contribution < 1.29 is 5.11 Å². The summed E-state index contributed by atoms with van der Waals surface area (Å²) in [7, 11) is 4.05. The van der Waals surface area contributed by atoms with Gasteiger partial charge in [0.05, 0.1) is 5.69 Å². The van der Waals surface area contributed by atoms with Gasteiger partial charge in [0.2, 0.25) is 0 Å². The van der Waals surface area contributed by atoms with E-state index in [4.69, 9.17) is 0 Å². The third-order valence-electron chi connectivity index (χ3n) is 2.56. The fourth-order valence-electron chi connectivity index (χ4n) is 1.75. The standard InChI is InChI=1S/C10H14N2O/c1-11-6-7-12(2)10-8(11)4-3-5-9(10)13/h3-5,13H,6-7H2,1-2H3. The van der Waals surface area contributed by atoms with Crippen molar-refractivity contribution in [2.24, 2.45) is 0 Å². The number of nitrogens with zero attached hydrogens (tertiary/aromatic N) is 2. The molecule has 1 aliphatic rings. The van der Waals surface area contributed by atoms with Gasteiger partial charge in [0.25, 0.3) is 0 Å². The number of aromatic hydroxyl groups is 1. The van der Waals surface area contributed by atoms with Crippen LogP contribution in [0.15, 0.2) is 18.2 Å². The van der Waals surface area contributed by atoms with Gasteiger partial charge in [-0.2, -0.15) is 0 Å².